The molecular formula is C10H24SiY-. The molecule has 0 aliphatic heterocycles. The largest absolute Gasteiger partial charge is 0.343 e. The fraction of sp³-hybridized carbons (Fsp3) is 0.900. The molecule has 0 amide bonds. The van der Waals surface area contributed by atoms with Crippen LogP contribution in [0.1, 0.15) is 33.6 Å². The molecule has 0 saturated heterocycles. The third-order valence-corrected chi connectivity index (χ3v) is 2.83. The Hall–Kier alpha value is 1.32. The molecule has 0 aliphatic rings. The van der Waals surface area contributed by atoms with Crippen molar-refractivity contribution in [3.8, 4) is 0 Å². The van der Waals surface area contributed by atoms with Crippen LogP contribution < -0.4 is 0 Å². The van der Waals surface area contributed by atoms with Crippen LogP contribution in [-0.2, 0) is 32.7 Å². The van der Waals surface area contributed by atoms with Crippen LogP contribution in [-0.4, -0.2) is 8.80 Å². The van der Waals surface area contributed by atoms with Gasteiger partial charge in [0.25, 0.3) is 0 Å². The van der Waals surface area contributed by atoms with Crippen LogP contribution in [0.3, 0.4) is 0 Å². The Morgan fingerprint density at radius 1 is 1.25 bits per heavy atom. The molecule has 0 spiro atoms. The molecule has 0 rings (SSSR count). The van der Waals surface area contributed by atoms with E-state index in [0.29, 0.717) is 0 Å². The first kappa shape index (κ1) is 19.0. The smallest absolute Gasteiger partial charge is 0.0412 e. The summed E-state index contributed by atoms with van der Waals surface area (Å²) in [5.74, 6) is 0.773. The third kappa shape index (κ3) is 30.2. The van der Waals surface area contributed by atoms with E-state index < -0.39 is 0 Å². The Morgan fingerprint density at radius 2 is 1.58 bits per heavy atom. The maximum absolute atomic E-state index is 3.69. The minimum atomic E-state index is 0. The van der Waals surface area contributed by atoms with Crippen LogP contribution in [0.4, 0.5) is 0 Å². The average Bonchev–Trinajstić information content (AvgIpc) is 1.89. The second-order valence-electron chi connectivity index (χ2n) is 3.64. The van der Waals surface area contributed by atoms with E-state index >= 15 is 0 Å². The second kappa shape index (κ2) is 14.8. The van der Waals surface area contributed by atoms with Gasteiger partial charge in [-0.2, -0.15) is 6.42 Å². The Morgan fingerprint density at radius 3 is 1.58 bits per heavy atom. The molecule has 0 aromatic heterocycles. The van der Waals surface area contributed by atoms with Crippen molar-refractivity contribution in [1.29, 1.82) is 0 Å². The monoisotopic (exact) mass is 261 g/mol. The van der Waals surface area contributed by atoms with E-state index in [1.165, 1.54) is 12.5 Å². The van der Waals surface area contributed by atoms with Gasteiger partial charge in [-0.25, -0.2) is 0 Å². The van der Waals surface area contributed by atoms with Gasteiger partial charge in [0.05, 0.1) is 0 Å². The molecule has 2 radical (unpaired) electrons. The Labute approximate surface area is 106 Å². The van der Waals surface area contributed by atoms with Crippen molar-refractivity contribution in [2.24, 2.45) is 5.92 Å². The molecule has 0 aromatic rings. The minimum absolute atomic E-state index is 0. The molecular weight excluding hydrogens is 237 g/mol. The molecule has 0 aliphatic carbocycles. The maximum atomic E-state index is 3.69. The number of rotatable bonds is 3. The van der Waals surface area contributed by atoms with Crippen molar-refractivity contribution < 1.29 is 32.7 Å². The van der Waals surface area contributed by atoms with Crippen LogP contribution in [0.25, 0.3) is 0 Å². The summed E-state index contributed by atoms with van der Waals surface area (Å²) in [6.45, 7) is 15.0. The SMILES string of the molecule is CCC[Si](C)C.[CH2-]CC(C)C.[Y]. The predicted molar refractivity (Wildman–Crippen MR) is 57.4 cm³/mol. The van der Waals surface area contributed by atoms with Crippen LogP contribution in [0.15, 0.2) is 0 Å². The summed E-state index contributed by atoms with van der Waals surface area (Å²) in [6, 6.07) is 1.48. The zero-order valence-electron chi connectivity index (χ0n) is 9.48. The summed E-state index contributed by atoms with van der Waals surface area (Å²) in [7, 11) is 0.114. The molecule has 0 heterocycles. The topological polar surface area (TPSA) is 0 Å². The fourth-order valence-electron chi connectivity index (χ4n) is 0.500. The predicted octanol–water partition coefficient (Wildman–Crippen LogP) is 4.01. The van der Waals surface area contributed by atoms with Crippen molar-refractivity contribution in [1.82, 2.24) is 0 Å². The average molecular weight is 261 g/mol. The molecule has 0 fully saturated rings. The Balaban J connectivity index is -0.000000126. The van der Waals surface area contributed by atoms with Gasteiger partial charge in [-0.1, -0.05) is 52.2 Å². The molecule has 0 saturated carbocycles. The van der Waals surface area contributed by atoms with Gasteiger partial charge in [0.15, 0.2) is 0 Å². The van der Waals surface area contributed by atoms with Gasteiger partial charge in [0.1, 0.15) is 0 Å². The molecule has 0 bridgehead atoms. The summed E-state index contributed by atoms with van der Waals surface area (Å²) in [4.78, 5) is 0. The summed E-state index contributed by atoms with van der Waals surface area (Å²) < 4.78 is 0. The van der Waals surface area contributed by atoms with Gasteiger partial charge in [-0.05, 0) is 0 Å². The zero-order valence-corrected chi connectivity index (χ0v) is 13.3. The fourth-order valence-corrected chi connectivity index (χ4v) is 1.50. The van der Waals surface area contributed by atoms with Crippen LogP contribution in [0.5, 0.6) is 0 Å². The van der Waals surface area contributed by atoms with Crippen molar-refractivity contribution in [2.45, 2.75) is 52.8 Å². The zero-order chi connectivity index (χ0) is 9.28. The van der Waals surface area contributed by atoms with Crippen LogP contribution in [0.2, 0.25) is 19.1 Å². The van der Waals surface area contributed by atoms with Crippen LogP contribution in [0, 0.1) is 12.8 Å². The van der Waals surface area contributed by atoms with Gasteiger partial charge in [0.2, 0.25) is 0 Å². The van der Waals surface area contributed by atoms with E-state index in [-0.39, 0.29) is 41.5 Å². The maximum Gasteiger partial charge on any atom is 0.0412 e. The molecule has 2 heteroatoms. The first-order chi connectivity index (χ1) is 5.04. The van der Waals surface area contributed by atoms with Crippen molar-refractivity contribution in [3.63, 3.8) is 0 Å². The summed E-state index contributed by atoms with van der Waals surface area (Å²) in [5.41, 5.74) is 0. The van der Waals surface area contributed by atoms with Gasteiger partial charge in [-0.3, -0.25) is 0 Å². The Kier molecular flexibility index (Phi) is 23.5. The van der Waals surface area contributed by atoms with Crippen LogP contribution >= 0.6 is 0 Å². The quantitative estimate of drug-likeness (QED) is 0.532. The third-order valence-electron chi connectivity index (χ3n) is 1.33. The molecule has 0 aromatic carbocycles. The summed E-state index contributed by atoms with van der Waals surface area (Å²) >= 11 is 0. The van der Waals surface area contributed by atoms with E-state index in [9.17, 15) is 0 Å². The minimum Gasteiger partial charge on any atom is -0.343 e. The molecule has 0 nitrogen and oxygen atoms in total. The van der Waals surface area contributed by atoms with Gasteiger partial charge >= 0.3 is 0 Å². The van der Waals surface area contributed by atoms with E-state index in [0.717, 1.165) is 12.3 Å². The first-order valence-corrected chi connectivity index (χ1v) is 7.33. The molecule has 12 heavy (non-hydrogen) atoms. The Bertz CT molecular complexity index is 62.9. The second-order valence-corrected chi connectivity index (χ2v) is 6.55. The van der Waals surface area contributed by atoms with Gasteiger partial charge < -0.3 is 6.92 Å². The van der Waals surface area contributed by atoms with E-state index in [1.807, 2.05) is 0 Å². The summed E-state index contributed by atoms with van der Waals surface area (Å²) in [6.07, 6.45) is 2.43. The van der Waals surface area contributed by atoms with Gasteiger partial charge in [-0.15, -0.1) is 0 Å². The van der Waals surface area contributed by atoms with E-state index in [4.69, 9.17) is 0 Å². The standard InChI is InChI=1S/C5H13Si.C5H11.Y/c1-4-5-6(2)3;1-4-5(2)3;/h4-5H2,1-3H3;5H,1,4H2,2-3H3;/q;-1;. The molecule has 0 unspecified atom stereocenters. The van der Waals surface area contributed by atoms with Crippen molar-refractivity contribution in [3.05, 3.63) is 6.92 Å². The van der Waals surface area contributed by atoms with Gasteiger partial charge in [0, 0.05) is 41.5 Å². The normalized spacial score (nSPS) is 9.00. The van der Waals surface area contributed by atoms with E-state index in [2.05, 4.69) is 40.8 Å². The van der Waals surface area contributed by atoms with E-state index in [1.54, 1.807) is 0 Å². The molecule has 0 N–H and O–H groups in total. The first-order valence-electron chi connectivity index (χ1n) is 4.62. The summed E-state index contributed by atoms with van der Waals surface area (Å²) in [5, 5.41) is 0. The molecule has 72 valence electrons. The van der Waals surface area contributed by atoms with Crippen molar-refractivity contribution >= 4 is 8.80 Å². The van der Waals surface area contributed by atoms with Crippen molar-refractivity contribution in [2.75, 3.05) is 0 Å². The number of hydrogen-bond acceptors (Lipinski definition) is 0. The molecule has 0 atom stereocenters. The number of hydrogen-bond donors (Lipinski definition) is 0.